The van der Waals surface area contributed by atoms with Crippen molar-refractivity contribution < 1.29 is 19.1 Å². The highest BCUT2D eigenvalue weighted by Crippen LogP contribution is 2.45. The van der Waals surface area contributed by atoms with E-state index in [9.17, 15) is 9.59 Å². The van der Waals surface area contributed by atoms with Crippen molar-refractivity contribution in [1.82, 2.24) is 5.32 Å². The van der Waals surface area contributed by atoms with Crippen molar-refractivity contribution in [3.8, 4) is 0 Å². The van der Waals surface area contributed by atoms with E-state index in [1.807, 2.05) is 0 Å². The molecular weight excluding hydrogens is 270 g/mol. The number of alkyl carbamates (subject to hydrolysis) is 1. The maximum absolute atomic E-state index is 11.8. The average molecular weight is 297 g/mol. The monoisotopic (exact) mass is 297 g/mol. The Morgan fingerprint density at radius 3 is 2.19 bits per heavy atom. The van der Waals surface area contributed by atoms with Gasteiger partial charge in [0.15, 0.2) is 0 Å². The van der Waals surface area contributed by atoms with Crippen LogP contribution in [0.4, 0.5) is 4.79 Å². The van der Waals surface area contributed by atoms with Crippen LogP contribution in [-0.2, 0) is 14.3 Å². The molecule has 0 saturated heterocycles. The van der Waals surface area contributed by atoms with Crippen molar-refractivity contribution in [3.63, 3.8) is 0 Å². The SMILES string of the molecule is C=CC(=O)OCCOC(=O)NC1CC(C)(C)CC(C)(C)C1. The van der Waals surface area contributed by atoms with Gasteiger partial charge in [-0.05, 0) is 30.1 Å². The van der Waals surface area contributed by atoms with Crippen molar-refractivity contribution in [3.05, 3.63) is 12.7 Å². The fraction of sp³-hybridized carbons (Fsp3) is 0.750. The van der Waals surface area contributed by atoms with E-state index in [1.165, 1.54) is 0 Å². The summed E-state index contributed by atoms with van der Waals surface area (Å²) in [6.45, 7) is 12.3. The molecule has 1 N–H and O–H groups in total. The van der Waals surface area contributed by atoms with Gasteiger partial charge in [0.1, 0.15) is 13.2 Å². The number of carbonyl (C=O) groups excluding carboxylic acids is 2. The lowest BCUT2D eigenvalue weighted by atomic mass is 9.63. The van der Waals surface area contributed by atoms with Crippen LogP contribution in [0.3, 0.4) is 0 Å². The first-order valence-electron chi connectivity index (χ1n) is 7.36. The van der Waals surface area contributed by atoms with Crippen LogP contribution in [0.5, 0.6) is 0 Å². The largest absolute Gasteiger partial charge is 0.459 e. The minimum absolute atomic E-state index is 0.0416. The highest BCUT2D eigenvalue weighted by Gasteiger charge is 2.39. The molecule has 0 aromatic heterocycles. The molecule has 0 radical (unpaired) electrons. The number of hydrogen-bond acceptors (Lipinski definition) is 4. The average Bonchev–Trinajstić information content (AvgIpc) is 2.30. The molecule has 1 aliphatic rings. The number of hydrogen-bond donors (Lipinski definition) is 1. The summed E-state index contributed by atoms with van der Waals surface area (Å²) in [5.74, 6) is -0.519. The fourth-order valence-electron chi connectivity index (χ4n) is 3.49. The number of amides is 1. The Morgan fingerprint density at radius 1 is 1.14 bits per heavy atom. The van der Waals surface area contributed by atoms with E-state index in [0.717, 1.165) is 25.3 Å². The summed E-state index contributed by atoms with van der Waals surface area (Å²) < 4.78 is 9.75. The van der Waals surface area contributed by atoms with Gasteiger partial charge in [0, 0.05) is 12.1 Å². The molecule has 0 aromatic carbocycles. The first-order chi connectivity index (χ1) is 9.63. The molecule has 120 valence electrons. The molecule has 21 heavy (non-hydrogen) atoms. The van der Waals surface area contributed by atoms with Crippen molar-refractivity contribution in [2.24, 2.45) is 10.8 Å². The predicted octanol–water partition coefficient (Wildman–Crippen LogP) is 3.05. The molecule has 0 aromatic rings. The van der Waals surface area contributed by atoms with Crippen molar-refractivity contribution in [2.75, 3.05) is 13.2 Å². The molecule has 5 nitrogen and oxygen atoms in total. The third-order valence-corrected chi connectivity index (χ3v) is 3.60. The Balaban J connectivity index is 2.34. The summed E-state index contributed by atoms with van der Waals surface area (Å²) in [4.78, 5) is 22.6. The van der Waals surface area contributed by atoms with Gasteiger partial charge in [0.05, 0.1) is 0 Å². The molecule has 0 spiro atoms. The number of carbonyl (C=O) groups is 2. The Morgan fingerprint density at radius 2 is 1.67 bits per heavy atom. The van der Waals surface area contributed by atoms with Crippen LogP contribution >= 0.6 is 0 Å². The van der Waals surface area contributed by atoms with Gasteiger partial charge >= 0.3 is 12.1 Å². The molecule has 0 bridgehead atoms. The van der Waals surface area contributed by atoms with Crippen LogP contribution in [0.2, 0.25) is 0 Å². The summed E-state index contributed by atoms with van der Waals surface area (Å²) >= 11 is 0. The number of nitrogens with one attached hydrogen (secondary N) is 1. The van der Waals surface area contributed by atoms with Gasteiger partial charge in [-0.2, -0.15) is 0 Å². The Bertz CT molecular complexity index is 385. The minimum Gasteiger partial charge on any atom is -0.459 e. The Hall–Kier alpha value is -1.52. The molecule has 0 unspecified atom stereocenters. The van der Waals surface area contributed by atoms with Gasteiger partial charge in [-0.1, -0.05) is 34.3 Å². The van der Waals surface area contributed by atoms with E-state index in [2.05, 4.69) is 39.6 Å². The zero-order chi connectivity index (χ0) is 16.1. The highest BCUT2D eigenvalue weighted by molar-refractivity contribution is 5.81. The Labute approximate surface area is 127 Å². The standard InChI is InChI=1S/C16H27NO4/c1-6-13(18)20-7-8-21-14(19)17-12-9-15(2,3)11-16(4,5)10-12/h6,12H,1,7-11H2,2-5H3,(H,17,19). The first-order valence-corrected chi connectivity index (χ1v) is 7.36. The minimum atomic E-state index is -0.519. The van der Waals surface area contributed by atoms with Gasteiger partial charge < -0.3 is 14.8 Å². The second-order valence-electron chi connectivity index (χ2n) is 7.26. The van der Waals surface area contributed by atoms with E-state index in [0.29, 0.717) is 0 Å². The molecule has 0 atom stereocenters. The van der Waals surface area contributed by atoms with Crippen LogP contribution in [0.15, 0.2) is 12.7 Å². The van der Waals surface area contributed by atoms with Gasteiger partial charge in [0.2, 0.25) is 0 Å². The normalized spacial score (nSPS) is 20.4. The third-order valence-electron chi connectivity index (χ3n) is 3.60. The Kier molecular flexibility index (Phi) is 5.81. The topological polar surface area (TPSA) is 64.6 Å². The molecule has 1 saturated carbocycles. The summed E-state index contributed by atoms with van der Waals surface area (Å²) in [5, 5.41) is 2.91. The van der Waals surface area contributed by atoms with Crippen molar-refractivity contribution in [2.45, 2.75) is 53.0 Å². The molecular formula is C16H27NO4. The quantitative estimate of drug-likeness (QED) is 0.481. The van der Waals surface area contributed by atoms with Crippen LogP contribution < -0.4 is 5.32 Å². The van der Waals surface area contributed by atoms with E-state index in [-0.39, 0.29) is 30.1 Å². The second kappa shape index (κ2) is 6.96. The first kappa shape index (κ1) is 17.5. The van der Waals surface area contributed by atoms with Gasteiger partial charge in [-0.15, -0.1) is 0 Å². The molecule has 0 heterocycles. The number of esters is 1. The highest BCUT2D eigenvalue weighted by atomic mass is 16.6. The molecule has 5 heteroatoms. The summed E-state index contributed by atoms with van der Waals surface area (Å²) in [5.41, 5.74) is 0.415. The summed E-state index contributed by atoms with van der Waals surface area (Å²) in [6.07, 6.45) is 3.65. The van der Waals surface area contributed by atoms with Crippen LogP contribution in [0.25, 0.3) is 0 Å². The van der Waals surface area contributed by atoms with E-state index in [4.69, 9.17) is 9.47 Å². The maximum Gasteiger partial charge on any atom is 0.407 e. The van der Waals surface area contributed by atoms with Crippen LogP contribution in [-0.4, -0.2) is 31.3 Å². The van der Waals surface area contributed by atoms with E-state index >= 15 is 0 Å². The fourth-order valence-corrected chi connectivity index (χ4v) is 3.49. The van der Waals surface area contributed by atoms with E-state index < -0.39 is 12.1 Å². The van der Waals surface area contributed by atoms with Gasteiger partial charge in [-0.25, -0.2) is 9.59 Å². The summed E-state index contributed by atoms with van der Waals surface area (Å²) in [7, 11) is 0. The smallest absolute Gasteiger partial charge is 0.407 e. The lowest BCUT2D eigenvalue weighted by Crippen LogP contribution is -2.46. The lowest BCUT2D eigenvalue weighted by Gasteiger charge is -2.44. The number of ether oxygens (including phenoxy) is 2. The van der Waals surface area contributed by atoms with Crippen molar-refractivity contribution in [1.29, 1.82) is 0 Å². The molecule has 1 aliphatic carbocycles. The lowest BCUT2D eigenvalue weighted by molar-refractivity contribution is -0.138. The van der Waals surface area contributed by atoms with Crippen LogP contribution in [0.1, 0.15) is 47.0 Å². The second-order valence-corrected chi connectivity index (χ2v) is 7.26. The van der Waals surface area contributed by atoms with Gasteiger partial charge in [-0.3, -0.25) is 0 Å². The van der Waals surface area contributed by atoms with Crippen LogP contribution in [0, 0.1) is 10.8 Å². The predicted molar refractivity (Wildman–Crippen MR) is 80.8 cm³/mol. The zero-order valence-electron chi connectivity index (χ0n) is 13.5. The molecule has 1 rings (SSSR count). The number of rotatable bonds is 5. The van der Waals surface area contributed by atoms with E-state index in [1.54, 1.807) is 0 Å². The van der Waals surface area contributed by atoms with Crippen molar-refractivity contribution >= 4 is 12.1 Å². The molecule has 1 fully saturated rings. The third kappa shape index (κ3) is 6.65. The van der Waals surface area contributed by atoms with Gasteiger partial charge in [0.25, 0.3) is 0 Å². The molecule has 1 amide bonds. The maximum atomic E-state index is 11.8. The zero-order valence-corrected chi connectivity index (χ0v) is 13.5. The summed E-state index contributed by atoms with van der Waals surface area (Å²) in [6, 6.07) is 0.118. The molecule has 0 aliphatic heterocycles.